The minimum Gasteiger partial charge on any atom is -0.486 e. The lowest BCUT2D eigenvalue weighted by Gasteiger charge is -2.20. The molecule has 2 saturated heterocycles. The summed E-state index contributed by atoms with van der Waals surface area (Å²) < 4.78 is 22.7. The van der Waals surface area contributed by atoms with E-state index in [-0.39, 0.29) is 30.2 Å². The molecule has 0 saturated carbocycles. The van der Waals surface area contributed by atoms with Crippen molar-refractivity contribution < 1.29 is 28.5 Å². The fourth-order valence-electron chi connectivity index (χ4n) is 3.78. The number of esters is 1. The van der Waals surface area contributed by atoms with Gasteiger partial charge >= 0.3 is 5.97 Å². The number of rotatable bonds is 6. The molecular weight excluding hydrogens is 400 g/mol. The van der Waals surface area contributed by atoms with Gasteiger partial charge in [-0.2, -0.15) is 0 Å². The summed E-state index contributed by atoms with van der Waals surface area (Å²) in [4.78, 5) is 29.9. The van der Waals surface area contributed by atoms with Gasteiger partial charge in [0.05, 0.1) is 25.9 Å². The number of aromatic nitrogens is 1. The monoisotopic (exact) mass is 426 g/mol. The van der Waals surface area contributed by atoms with Gasteiger partial charge in [0.2, 0.25) is 5.91 Å². The molecule has 0 N–H and O–H groups in total. The third kappa shape index (κ3) is 5.39. The predicted molar refractivity (Wildman–Crippen MR) is 111 cm³/mol. The van der Waals surface area contributed by atoms with Crippen molar-refractivity contribution in [1.29, 1.82) is 0 Å². The second-order valence-electron chi connectivity index (χ2n) is 7.65. The van der Waals surface area contributed by atoms with Gasteiger partial charge in [0.25, 0.3) is 0 Å². The molecule has 0 spiro atoms. The normalized spacial score (nSPS) is 21.3. The van der Waals surface area contributed by atoms with Crippen LogP contribution < -0.4 is 4.74 Å². The van der Waals surface area contributed by atoms with Crippen molar-refractivity contribution in [2.24, 2.45) is 0 Å². The number of amides is 1. The number of benzene rings is 1. The van der Waals surface area contributed by atoms with Crippen molar-refractivity contribution >= 4 is 11.9 Å². The molecule has 1 amide bonds. The highest BCUT2D eigenvalue weighted by Gasteiger charge is 2.39. The van der Waals surface area contributed by atoms with E-state index in [9.17, 15) is 9.59 Å². The first-order valence-electron chi connectivity index (χ1n) is 10.4. The van der Waals surface area contributed by atoms with Crippen LogP contribution in [0.4, 0.5) is 0 Å². The molecule has 0 radical (unpaired) electrons. The molecule has 0 bridgehead atoms. The average Bonchev–Trinajstić information content (AvgIpc) is 3.14. The number of fused-ring (bicyclic) bond motifs is 1. The predicted octanol–water partition coefficient (Wildman–Crippen LogP) is 1.87. The van der Waals surface area contributed by atoms with Crippen LogP contribution in [0.2, 0.25) is 0 Å². The maximum atomic E-state index is 12.6. The number of carbonyl (C=O) groups excluding carboxylic acids is 2. The molecule has 0 aliphatic carbocycles. The van der Waals surface area contributed by atoms with Crippen LogP contribution in [0.25, 0.3) is 0 Å². The fraction of sp³-hybridized carbons (Fsp3) is 0.435. The van der Waals surface area contributed by atoms with Crippen LogP contribution in [0.1, 0.15) is 22.3 Å². The molecule has 0 unspecified atom stereocenters. The van der Waals surface area contributed by atoms with E-state index >= 15 is 0 Å². The van der Waals surface area contributed by atoms with E-state index < -0.39 is 0 Å². The Morgan fingerprint density at radius 1 is 1.03 bits per heavy atom. The van der Waals surface area contributed by atoms with Crippen molar-refractivity contribution in [1.82, 2.24) is 9.88 Å². The lowest BCUT2D eigenvalue weighted by Crippen LogP contribution is -2.33. The van der Waals surface area contributed by atoms with Crippen LogP contribution in [0.5, 0.6) is 5.75 Å². The maximum Gasteiger partial charge on any atom is 0.337 e. The number of nitrogens with zero attached hydrogens (tertiary/aromatic N) is 2. The Kier molecular flexibility index (Phi) is 6.79. The molecule has 4 rings (SSSR count). The Bertz CT molecular complexity index is 873. The summed E-state index contributed by atoms with van der Waals surface area (Å²) in [5, 5.41) is 0. The smallest absolute Gasteiger partial charge is 0.337 e. The molecule has 3 heterocycles. The molecule has 2 aliphatic heterocycles. The van der Waals surface area contributed by atoms with Crippen LogP contribution in [0.15, 0.2) is 48.8 Å². The lowest BCUT2D eigenvalue weighted by atomic mass is 10.1. The summed E-state index contributed by atoms with van der Waals surface area (Å²) in [5.41, 5.74) is 1.57. The molecule has 2 aromatic rings. The topological polar surface area (TPSA) is 87.2 Å². The molecule has 8 nitrogen and oxygen atoms in total. The van der Waals surface area contributed by atoms with Crippen LogP contribution >= 0.6 is 0 Å². The third-order valence-corrected chi connectivity index (χ3v) is 5.52. The average molecular weight is 426 g/mol. The van der Waals surface area contributed by atoms with Crippen molar-refractivity contribution in [2.45, 2.75) is 31.2 Å². The van der Waals surface area contributed by atoms with E-state index in [0.717, 1.165) is 5.56 Å². The number of likely N-dealkylation sites (tertiary alicyclic amines) is 1. The highest BCUT2D eigenvalue weighted by molar-refractivity contribution is 5.89. The van der Waals surface area contributed by atoms with Gasteiger partial charge in [0.1, 0.15) is 24.1 Å². The molecule has 2 aliphatic rings. The fourth-order valence-corrected chi connectivity index (χ4v) is 3.78. The number of methoxy groups -OCH3 is 1. The van der Waals surface area contributed by atoms with Gasteiger partial charge in [-0.3, -0.25) is 9.78 Å². The summed E-state index contributed by atoms with van der Waals surface area (Å²) in [6.45, 7) is 1.80. The summed E-state index contributed by atoms with van der Waals surface area (Å²) in [5.74, 6) is 0.348. The first-order valence-corrected chi connectivity index (χ1v) is 10.4. The molecule has 8 heteroatoms. The number of hydrogen-bond acceptors (Lipinski definition) is 7. The van der Waals surface area contributed by atoms with E-state index in [1.54, 1.807) is 36.7 Å². The zero-order chi connectivity index (χ0) is 21.6. The molecule has 1 aromatic carbocycles. The van der Waals surface area contributed by atoms with E-state index in [0.29, 0.717) is 50.5 Å². The molecule has 2 fully saturated rings. The first-order chi connectivity index (χ1) is 15.1. The van der Waals surface area contributed by atoms with Crippen molar-refractivity contribution in [2.75, 3.05) is 33.4 Å². The molecule has 31 heavy (non-hydrogen) atoms. The van der Waals surface area contributed by atoms with Crippen molar-refractivity contribution in [3.63, 3.8) is 0 Å². The molecule has 164 valence electrons. The Morgan fingerprint density at radius 2 is 1.68 bits per heavy atom. The van der Waals surface area contributed by atoms with E-state index in [4.69, 9.17) is 18.9 Å². The summed E-state index contributed by atoms with van der Waals surface area (Å²) in [7, 11) is 1.35. The van der Waals surface area contributed by atoms with E-state index in [1.807, 2.05) is 17.0 Å². The van der Waals surface area contributed by atoms with Crippen LogP contribution in [-0.2, 0) is 25.4 Å². The molecule has 1 aromatic heterocycles. The lowest BCUT2D eigenvalue weighted by molar-refractivity contribution is -0.131. The number of ether oxygens (including phenoxy) is 4. The second kappa shape index (κ2) is 9.89. The van der Waals surface area contributed by atoms with Crippen LogP contribution in [0.3, 0.4) is 0 Å². The van der Waals surface area contributed by atoms with Gasteiger partial charge in [0.15, 0.2) is 0 Å². The second-order valence-corrected chi connectivity index (χ2v) is 7.65. The Hall–Kier alpha value is -2.97. The van der Waals surface area contributed by atoms with Crippen LogP contribution in [0, 0.1) is 0 Å². The van der Waals surface area contributed by atoms with Gasteiger partial charge in [-0.05, 0) is 48.4 Å². The van der Waals surface area contributed by atoms with Crippen molar-refractivity contribution in [3.8, 4) is 5.75 Å². The summed E-state index contributed by atoms with van der Waals surface area (Å²) in [6, 6.07) is 10.6. The highest BCUT2D eigenvalue weighted by Crippen LogP contribution is 2.23. The summed E-state index contributed by atoms with van der Waals surface area (Å²) >= 11 is 0. The Morgan fingerprint density at radius 3 is 2.29 bits per heavy atom. The number of hydrogen-bond donors (Lipinski definition) is 0. The van der Waals surface area contributed by atoms with Gasteiger partial charge in [0, 0.05) is 31.9 Å². The van der Waals surface area contributed by atoms with Gasteiger partial charge in [-0.15, -0.1) is 0 Å². The number of aryl methyl sites for hydroxylation is 1. The minimum absolute atomic E-state index is 0.107. The maximum absolute atomic E-state index is 12.6. The zero-order valence-corrected chi connectivity index (χ0v) is 17.4. The Balaban J connectivity index is 1.25. The standard InChI is InChI=1S/C23H26N2O6/c1-28-23(27)17-3-5-18(6-4-17)31-19-14-29-20-12-25(13-21(20)30-15-19)22(26)7-2-16-8-10-24-11-9-16/h3-6,8-11,19-21H,2,7,12-15H2,1H3/t20-,21-/m0/s1. The first kappa shape index (κ1) is 21.3. The number of carbonyl (C=O) groups is 2. The largest absolute Gasteiger partial charge is 0.486 e. The van der Waals surface area contributed by atoms with Gasteiger partial charge < -0.3 is 23.8 Å². The minimum atomic E-state index is -0.389. The van der Waals surface area contributed by atoms with E-state index in [2.05, 4.69) is 4.98 Å². The third-order valence-electron chi connectivity index (χ3n) is 5.52. The molecular formula is C23H26N2O6. The SMILES string of the molecule is COC(=O)c1ccc(OC2CO[C@H]3CN(C(=O)CCc4ccncc4)C[C@@H]3OC2)cc1. The quantitative estimate of drug-likeness (QED) is 0.652. The van der Waals surface area contributed by atoms with Gasteiger partial charge in [-0.25, -0.2) is 4.79 Å². The van der Waals surface area contributed by atoms with E-state index in [1.165, 1.54) is 7.11 Å². The zero-order valence-electron chi connectivity index (χ0n) is 17.4. The van der Waals surface area contributed by atoms with Gasteiger partial charge in [-0.1, -0.05) is 0 Å². The van der Waals surface area contributed by atoms with Crippen LogP contribution in [-0.4, -0.2) is 73.5 Å². The summed E-state index contributed by atoms with van der Waals surface area (Å²) in [6.07, 6.45) is 4.06. The number of pyridine rings is 1. The highest BCUT2D eigenvalue weighted by atomic mass is 16.6. The Labute approximate surface area is 181 Å². The van der Waals surface area contributed by atoms with Crippen molar-refractivity contribution in [3.05, 3.63) is 59.9 Å². The molecule has 2 atom stereocenters.